The number of piperidine rings is 1. The summed E-state index contributed by atoms with van der Waals surface area (Å²) in [6.07, 6.45) is 3.64. The van der Waals surface area contributed by atoms with Crippen LogP contribution in [-0.2, 0) is 6.54 Å². The minimum atomic E-state index is -0.485. The molecule has 2 nitrogen and oxygen atoms in total. The first-order valence-corrected chi connectivity index (χ1v) is 8.12. The molecule has 1 heterocycles. The third-order valence-corrected chi connectivity index (χ3v) is 5.88. The van der Waals surface area contributed by atoms with E-state index in [4.69, 9.17) is 18.0 Å². The van der Waals surface area contributed by atoms with Crippen molar-refractivity contribution in [2.75, 3.05) is 19.3 Å². The number of likely N-dealkylation sites (tertiary alicyclic amines) is 1. The van der Waals surface area contributed by atoms with Gasteiger partial charge in [0.25, 0.3) is 0 Å². The van der Waals surface area contributed by atoms with Gasteiger partial charge < -0.3 is 5.73 Å². The Morgan fingerprint density at radius 2 is 1.90 bits per heavy atom. The predicted octanol–water partition coefficient (Wildman–Crippen LogP) is 2.95. The third-order valence-electron chi connectivity index (χ3n) is 3.95. The Labute approximate surface area is 127 Å². The summed E-state index contributed by atoms with van der Waals surface area (Å²) in [7, 11) is 0. The molecule has 0 unspecified atom stereocenters. The van der Waals surface area contributed by atoms with Gasteiger partial charge in [0.05, 0.1) is 9.74 Å². The van der Waals surface area contributed by atoms with E-state index >= 15 is 0 Å². The molecule has 0 atom stereocenters. The first-order chi connectivity index (χ1) is 9.48. The van der Waals surface area contributed by atoms with Crippen LogP contribution >= 0.6 is 24.0 Å². The molecule has 0 bridgehead atoms. The Morgan fingerprint density at radius 1 is 1.35 bits per heavy atom. The van der Waals surface area contributed by atoms with Crippen LogP contribution in [0.4, 0.5) is 8.78 Å². The van der Waals surface area contributed by atoms with Crippen LogP contribution in [0.1, 0.15) is 18.4 Å². The Balaban J connectivity index is 2.03. The maximum Gasteiger partial charge on any atom is 0.130 e. The van der Waals surface area contributed by atoms with Crippen molar-refractivity contribution in [3.8, 4) is 0 Å². The Bertz CT molecular complexity index is 480. The number of nitrogens with two attached hydrogens (primary N) is 1. The molecule has 0 spiro atoms. The van der Waals surface area contributed by atoms with E-state index in [2.05, 4.69) is 0 Å². The lowest BCUT2D eigenvalue weighted by Crippen LogP contribution is -2.49. The molecule has 1 saturated heterocycles. The van der Waals surface area contributed by atoms with Gasteiger partial charge in [-0.2, -0.15) is 11.8 Å². The smallest absolute Gasteiger partial charge is 0.130 e. The molecule has 0 amide bonds. The average molecular weight is 316 g/mol. The van der Waals surface area contributed by atoms with Crippen LogP contribution in [0.3, 0.4) is 0 Å². The van der Waals surface area contributed by atoms with Crippen LogP contribution in [-0.4, -0.2) is 34.0 Å². The van der Waals surface area contributed by atoms with Crippen LogP contribution in [0.25, 0.3) is 0 Å². The monoisotopic (exact) mass is 316 g/mol. The van der Waals surface area contributed by atoms with Crippen molar-refractivity contribution < 1.29 is 8.78 Å². The first-order valence-electron chi connectivity index (χ1n) is 6.49. The molecule has 0 saturated carbocycles. The summed E-state index contributed by atoms with van der Waals surface area (Å²) in [5.74, 6) is -0.970. The van der Waals surface area contributed by atoms with Crippen molar-refractivity contribution in [3.63, 3.8) is 0 Å². The van der Waals surface area contributed by atoms with Crippen molar-refractivity contribution in [2.45, 2.75) is 24.1 Å². The Hall–Kier alpha value is -0.720. The van der Waals surface area contributed by atoms with E-state index < -0.39 is 11.6 Å². The summed E-state index contributed by atoms with van der Waals surface area (Å²) < 4.78 is 27.1. The van der Waals surface area contributed by atoms with Gasteiger partial charge >= 0.3 is 0 Å². The molecular formula is C14H18F2N2S2. The molecule has 6 heteroatoms. The lowest BCUT2D eigenvalue weighted by molar-refractivity contribution is 0.207. The maximum atomic E-state index is 13.6. The fourth-order valence-electron chi connectivity index (χ4n) is 2.53. The van der Waals surface area contributed by atoms with Gasteiger partial charge in [0.15, 0.2) is 0 Å². The molecule has 1 aromatic carbocycles. The van der Waals surface area contributed by atoms with Crippen LogP contribution in [0, 0.1) is 11.6 Å². The number of thiocarbonyl (C=S) groups is 1. The minimum absolute atomic E-state index is 0.138. The zero-order valence-electron chi connectivity index (χ0n) is 11.4. The number of nitrogens with zero attached hydrogens (tertiary/aromatic N) is 1. The summed E-state index contributed by atoms with van der Waals surface area (Å²) in [6, 6.07) is 3.98. The van der Waals surface area contributed by atoms with Crippen LogP contribution < -0.4 is 5.73 Å². The first kappa shape index (κ1) is 15.7. The van der Waals surface area contributed by atoms with Crippen molar-refractivity contribution >= 4 is 29.0 Å². The summed E-state index contributed by atoms with van der Waals surface area (Å²) in [6.45, 7) is 1.78. The second kappa shape index (κ2) is 6.37. The second-order valence-corrected chi connectivity index (χ2v) is 6.67. The van der Waals surface area contributed by atoms with Crippen molar-refractivity contribution in [3.05, 3.63) is 35.4 Å². The quantitative estimate of drug-likeness (QED) is 0.865. The standard InChI is InChI=1S/C14H18F2N2S2/c1-20-14(13(17)19)5-7-18(8-6-14)9-10-11(15)3-2-4-12(10)16/h2-4H,5-9H2,1H3,(H2,17,19). The van der Waals surface area contributed by atoms with Gasteiger partial charge in [-0.1, -0.05) is 18.3 Å². The maximum absolute atomic E-state index is 13.6. The fourth-order valence-corrected chi connectivity index (χ4v) is 3.78. The predicted molar refractivity (Wildman–Crippen MR) is 83.9 cm³/mol. The lowest BCUT2D eigenvalue weighted by Gasteiger charge is -2.40. The average Bonchev–Trinajstić information content (AvgIpc) is 2.43. The SMILES string of the molecule is CSC1(C(N)=S)CCN(Cc2c(F)cccc2F)CC1. The van der Waals surface area contributed by atoms with Crippen LogP contribution in [0.5, 0.6) is 0 Å². The van der Waals surface area contributed by atoms with E-state index in [9.17, 15) is 8.78 Å². The van der Waals surface area contributed by atoms with Gasteiger partial charge in [0, 0.05) is 25.2 Å². The molecule has 2 N–H and O–H groups in total. The molecular weight excluding hydrogens is 298 g/mol. The number of benzene rings is 1. The Morgan fingerprint density at radius 3 is 2.35 bits per heavy atom. The van der Waals surface area contributed by atoms with Gasteiger partial charge in [0.1, 0.15) is 11.6 Å². The van der Waals surface area contributed by atoms with E-state index in [1.807, 2.05) is 11.2 Å². The molecule has 0 radical (unpaired) electrons. The minimum Gasteiger partial charge on any atom is -0.392 e. The van der Waals surface area contributed by atoms with Gasteiger partial charge in [-0.15, -0.1) is 0 Å². The number of hydrogen-bond donors (Lipinski definition) is 1. The number of halogens is 2. The van der Waals surface area contributed by atoms with Gasteiger partial charge in [-0.25, -0.2) is 8.78 Å². The number of thioether (sulfide) groups is 1. The molecule has 2 rings (SSSR count). The highest BCUT2D eigenvalue weighted by Crippen LogP contribution is 2.35. The van der Waals surface area contributed by atoms with Crippen LogP contribution in [0.2, 0.25) is 0 Å². The highest BCUT2D eigenvalue weighted by Gasteiger charge is 2.36. The summed E-state index contributed by atoms with van der Waals surface area (Å²) in [5, 5.41) is 0. The Kier molecular flexibility index (Phi) is 4.99. The van der Waals surface area contributed by atoms with Gasteiger partial charge in [0.2, 0.25) is 0 Å². The molecule has 20 heavy (non-hydrogen) atoms. The van der Waals surface area contributed by atoms with Crippen LogP contribution in [0.15, 0.2) is 18.2 Å². The fraction of sp³-hybridized carbons (Fsp3) is 0.500. The zero-order valence-corrected chi connectivity index (χ0v) is 13.0. The molecule has 0 aromatic heterocycles. The number of rotatable bonds is 4. The van der Waals surface area contributed by atoms with Gasteiger partial charge in [-0.3, -0.25) is 4.90 Å². The molecule has 1 fully saturated rings. The molecule has 1 aliphatic heterocycles. The zero-order chi connectivity index (χ0) is 14.8. The summed E-state index contributed by atoms with van der Waals surface area (Å²) in [5.41, 5.74) is 5.97. The van der Waals surface area contributed by atoms with E-state index in [-0.39, 0.29) is 10.3 Å². The molecule has 1 aromatic rings. The largest absolute Gasteiger partial charge is 0.392 e. The number of hydrogen-bond acceptors (Lipinski definition) is 3. The lowest BCUT2D eigenvalue weighted by atomic mass is 9.95. The van der Waals surface area contributed by atoms with Crippen molar-refractivity contribution in [1.29, 1.82) is 0 Å². The van der Waals surface area contributed by atoms with Crippen molar-refractivity contribution in [1.82, 2.24) is 4.90 Å². The summed E-state index contributed by atoms with van der Waals surface area (Å²) >= 11 is 6.83. The third kappa shape index (κ3) is 3.13. The van der Waals surface area contributed by atoms with E-state index in [0.717, 1.165) is 25.9 Å². The molecule has 110 valence electrons. The van der Waals surface area contributed by atoms with Gasteiger partial charge in [-0.05, 0) is 31.2 Å². The van der Waals surface area contributed by atoms with Crippen molar-refractivity contribution in [2.24, 2.45) is 5.73 Å². The van der Waals surface area contributed by atoms with E-state index in [1.54, 1.807) is 11.8 Å². The normalized spacial score (nSPS) is 18.9. The topological polar surface area (TPSA) is 29.3 Å². The highest BCUT2D eigenvalue weighted by molar-refractivity contribution is 8.02. The van der Waals surface area contributed by atoms with E-state index in [1.165, 1.54) is 18.2 Å². The summed E-state index contributed by atoms with van der Waals surface area (Å²) in [4.78, 5) is 2.58. The molecule has 0 aliphatic carbocycles. The second-order valence-electron chi connectivity index (χ2n) is 5.04. The molecule has 1 aliphatic rings. The highest BCUT2D eigenvalue weighted by atomic mass is 32.2. The van der Waals surface area contributed by atoms with E-state index in [0.29, 0.717) is 11.5 Å².